The highest BCUT2D eigenvalue weighted by molar-refractivity contribution is 5.85. The van der Waals surface area contributed by atoms with Crippen molar-refractivity contribution in [1.82, 2.24) is 20.2 Å². The number of hydrogen-bond donors (Lipinski definition) is 1. The van der Waals surface area contributed by atoms with Gasteiger partial charge in [0.1, 0.15) is 6.17 Å². The summed E-state index contributed by atoms with van der Waals surface area (Å²) in [5.74, 6) is 1.12. The van der Waals surface area contributed by atoms with Gasteiger partial charge in [0, 0.05) is 51.4 Å². The van der Waals surface area contributed by atoms with Crippen LogP contribution in [-0.4, -0.2) is 72.8 Å². The summed E-state index contributed by atoms with van der Waals surface area (Å²) in [6, 6.07) is 1.32. The Bertz CT molecular complexity index is 542. The van der Waals surface area contributed by atoms with Gasteiger partial charge >= 0.3 is 0 Å². The Kier molecular flexibility index (Phi) is 5.95. The molecule has 7 nitrogen and oxygen atoms in total. The fraction of sp³-hybridized carbons (Fsp3) is 0.643. The van der Waals surface area contributed by atoms with Crippen LogP contribution in [0.3, 0.4) is 0 Å². The van der Waals surface area contributed by atoms with Crippen LogP contribution >= 0.6 is 12.4 Å². The van der Waals surface area contributed by atoms with Crippen molar-refractivity contribution < 1.29 is 13.9 Å². The van der Waals surface area contributed by atoms with E-state index in [0.29, 0.717) is 38.0 Å². The number of nitrogens with zero attached hydrogens (tertiary/aromatic N) is 4. The molecule has 2 aliphatic heterocycles. The number of carbonyl (C=O) groups excluding carboxylic acids is 1. The molecule has 1 aromatic heterocycles. The number of carbonyl (C=O) groups is 1. The topological polar surface area (TPSA) is 70.6 Å². The molecule has 0 bridgehead atoms. The summed E-state index contributed by atoms with van der Waals surface area (Å²) in [4.78, 5) is 24.7. The lowest BCUT2D eigenvalue weighted by Crippen LogP contribution is -2.53. The van der Waals surface area contributed by atoms with E-state index in [2.05, 4.69) is 15.3 Å². The second-order valence-electron chi connectivity index (χ2n) is 5.51. The standard InChI is InChI=1S/C14H20FN5O2.ClH/c1-22-12-2-3-16-14(18-12)20-6-4-19(5-7-20)13(21)11-8-10(15)9-17-11;/h2-3,10-11,17H,4-9H2,1H3;1H/t10-,11+;/m0./s1. The Morgan fingerprint density at radius 2 is 2.13 bits per heavy atom. The summed E-state index contributed by atoms with van der Waals surface area (Å²) < 4.78 is 18.3. The van der Waals surface area contributed by atoms with Crippen LogP contribution < -0.4 is 15.0 Å². The van der Waals surface area contributed by atoms with Gasteiger partial charge in [-0.15, -0.1) is 12.4 Å². The molecule has 0 aromatic carbocycles. The van der Waals surface area contributed by atoms with Gasteiger partial charge in [-0.2, -0.15) is 4.98 Å². The minimum absolute atomic E-state index is 0. The predicted molar refractivity (Wildman–Crippen MR) is 85.9 cm³/mol. The zero-order valence-corrected chi connectivity index (χ0v) is 13.8. The first-order chi connectivity index (χ1) is 10.7. The largest absolute Gasteiger partial charge is 0.481 e. The molecule has 23 heavy (non-hydrogen) atoms. The number of alkyl halides is 1. The number of methoxy groups -OCH3 is 1. The first-order valence-corrected chi connectivity index (χ1v) is 7.45. The molecule has 9 heteroatoms. The van der Waals surface area contributed by atoms with Gasteiger partial charge in [0.25, 0.3) is 0 Å². The first-order valence-electron chi connectivity index (χ1n) is 7.45. The van der Waals surface area contributed by atoms with Gasteiger partial charge in [-0.25, -0.2) is 9.37 Å². The van der Waals surface area contributed by atoms with E-state index in [1.165, 1.54) is 0 Å². The van der Waals surface area contributed by atoms with E-state index >= 15 is 0 Å². The highest BCUT2D eigenvalue weighted by Gasteiger charge is 2.33. The molecule has 1 amide bonds. The van der Waals surface area contributed by atoms with Gasteiger partial charge in [0.2, 0.25) is 17.7 Å². The molecule has 3 rings (SSSR count). The summed E-state index contributed by atoms with van der Waals surface area (Å²) >= 11 is 0. The lowest BCUT2D eigenvalue weighted by Gasteiger charge is -2.35. The average Bonchev–Trinajstić information content (AvgIpc) is 3.01. The van der Waals surface area contributed by atoms with Crippen LogP contribution in [0.4, 0.5) is 10.3 Å². The average molecular weight is 346 g/mol. The van der Waals surface area contributed by atoms with E-state index in [1.54, 1.807) is 24.3 Å². The second kappa shape index (κ2) is 7.74. The molecule has 2 fully saturated rings. The van der Waals surface area contributed by atoms with Crippen LogP contribution in [0.2, 0.25) is 0 Å². The Balaban J connectivity index is 0.00000192. The minimum Gasteiger partial charge on any atom is -0.481 e. The number of nitrogens with one attached hydrogen (secondary N) is 1. The van der Waals surface area contributed by atoms with Crippen LogP contribution in [0.5, 0.6) is 5.88 Å². The van der Waals surface area contributed by atoms with Crippen molar-refractivity contribution >= 4 is 24.3 Å². The molecule has 1 aromatic rings. The normalized spacial score (nSPS) is 24.3. The number of amides is 1. The van der Waals surface area contributed by atoms with Crippen molar-refractivity contribution in [3.63, 3.8) is 0 Å². The van der Waals surface area contributed by atoms with Crippen LogP contribution in [0.25, 0.3) is 0 Å². The lowest BCUT2D eigenvalue weighted by atomic mass is 10.1. The summed E-state index contributed by atoms with van der Waals surface area (Å²) in [6.45, 7) is 2.77. The first kappa shape index (κ1) is 17.7. The molecule has 0 aliphatic carbocycles. The fourth-order valence-corrected chi connectivity index (χ4v) is 2.83. The number of aromatic nitrogens is 2. The van der Waals surface area contributed by atoms with Crippen LogP contribution in [0.15, 0.2) is 12.3 Å². The van der Waals surface area contributed by atoms with Crippen molar-refractivity contribution in [3.8, 4) is 5.88 Å². The number of ether oxygens (including phenoxy) is 1. The minimum atomic E-state index is -0.916. The SMILES string of the molecule is COc1ccnc(N2CCN(C(=O)[C@H]3C[C@H](F)CN3)CC2)n1.Cl. The smallest absolute Gasteiger partial charge is 0.239 e. The van der Waals surface area contributed by atoms with E-state index in [9.17, 15) is 9.18 Å². The van der Waals surface area contributed by atoms with E-state index in [4.69, 9.17) is 4.74 Å². The molecule has 128 valence electrons. The molecule has 0 unspecified atom stereocenters. The van der Waals surface area contributed by atoms with Crippen LogP contribution in [0.1, 0.15) is 6.42 Å². The van der Waals surface area contributed by atoms with Gasteiger partial charge in [0.15, 0.2) is 0 Å². The van der Waals surface area contributed by atoms with E-state index in [0.717, 1.165) is 0 Å². The molecule has 0 saturated carbocycles. The number of piperazine rings is 1. The maximum atomic E-state index is 13.2. The van der Waals surface area contributed by atoms with Crippen molar-refractivity contribution in [3.05, 3.63) is 12.3 Å². The number of halogens is 2. The van der Waals surface area contributed by atoms with Gasteiger partial charge in [0.05, 0.1) is 13.2 Å². The van der Waals surface area contributed by atoms with Crippen molar-refractivity contribution in [2.75, 3.05) is 44.7 Å². The number of anilines is 1. The zero-order valence-electron chi connectivity index (χ0n) is 12.9. The molecule has 3 heterocycles. The summed E-state index contributed by atoms with van der Waals surface area (Å²) in [5.41, 5.74) is 0. The highest BCUT2D eigenvalue weighted by atomic mass is 35.5. The maximum Gasteiger partial charge on any atom is 0.239 e. The maximum absolute atomic E-state index is 13.2. The van der Waals surface area contributed by atoms with E-state index < -0.39 is 6.17 Å². The molecular weight excluding hydrogens is 325 g/mol. The zero-order chi connectivity index (χ0) is 15.5. The monoisotopic (exact) mass is 345 g/mol. The Labute approximate surface area is 140 Å². The quantitative estimate of drug-likeness (QED) is 0.847. The Morgan fingerprint density at radius 3 is 2.74 bits per heavy atom. The van der Waals surface area contributed by atoms with Gasteiger partial charge < -0.3 is 19.9 Å². The summed E-state index contributed by atoms with van der Waals surface area (Å²) in [7, 11) is 1.56. The summed E-state index contributed by atoms with van der Waals surface area (Å²) in [6.07, 6.45) is 1.01. The third-order valence-electron chi connectivity index (χ3n) is 4.08. The Morgan fingerprint density at radius 1 is 1.39 bits per heavy atom. The summed E-state index contributed by atoms with van der Waals surface area (Å²) in [5, 5.41) is 2.94. The van der Waals surface area contributed by atoms with Crippen LogP contribution in [-0.2, 0) is 4.79 Å². The Hall–Kier alpha value is -1.67. The van der Waals surface area contributed by atoms with Gasteiger partial charge in [-0.3, -0.25) is 4.79 Å². The molecule has 1 N–H and O–H groups in total. The van der Waals surface area contributed by atoms with Crippen molar-refractivity contribution in [2.45, 2.75) is 18.6 Å². The predicted octanol–water partition coefficient (Wildman–Crippen LogP) is 0.256. The third-order valence-corrected chi connectivity index (χ3v) is 4.08. The van der Waals surface area contributed by atoms with Gasteiger partial charge in [-0.05, 0) is 0 Å². The van der Waals surface area contributed by atoms with Crippen LogP contribution in [0, 0.1) is 0 Å². The van der Waals surface area contributed by atoms with E-state index in [1.807, 2.05) is 4.90 Å². The van der Waals surface area contributed by atoms with E-state index in [-0.39, 0.29) is 37.3 Å². The molecule has 0 spiro atoms. The third kappa shape index (κ3) is 4.00. The molecule has 2 atom stereocenters. The number of rotatable bonds is 3. The lowest BCUT2D eigenvalue weighted by molar-refractivity contribution is -0.133. The van der Waals surface area contributed by atoms with Crippen molar-refractivity contribution in [2.24, 2.45) is 0 Å². The molecule has 2 aliphatic rings. The van der Waals surface area contributed by atoms with Gasteiger partial charge in [-0.1, -0.05) is 0 Å². The van der Waals surface area contributed by atoms with Crippen molar-refractivity contribution in [1.29, 1.82) is 0 Å². The fourth-order valence-electron chi connectivity index (χ4n) is 2.83. The second-order valence-corrected chi connectivity index (χ2v) is 5.51. The number of hydrogen-bond acceptors (Lipinski definition) is 6. The highest BCUT2D eigenvalue weighted by Crippen LogP contribution is 2.17. The molecule has 2 saturated heterocycles. The molecular formula is C14H21ClFN5O2. The molecule has 0 radical (unpaired) electrons.